The summed E-state index contributed by atoms with van der Waals surface area (Å²) >= 11 is 6.00. The first-order valence-electron chi connectivity index (χ1n) is 7.97. The topological polar surface area (TPSA) is 63.0 Å². The molecule has 130 valence electrons. The van der Waals surface area contributed by atoms with Gasteiger partial charge in [0.05, 0.1) is 35.5 Å². The SMILES string of the molecule is CN=C(NCc1cn2cc(Cl)ccc2n1)NC1CC2CCC1O2.I. The van der Waals surface area contributed by atoms with E-state index in [-0.39, 0.29) is 24.0 Å². The van der Waals surface area contributed by atoms with Gasteiger partial charge in [-0.3, -0.25) is 4.99 Å². The van der Waals surface area contributed by atoms with E-state index in [0.29, 0.717) is 29.8 Å². The van der Waals surface area contributed by atoms with Crippen molar-refractivity contribution in [3.8, 4) is 0 Å². The minimum atomic E-state index is 0. The van der Waals surface area contributed by atoms with Crippen molar-refractivity contribution in [2.24, 2.45) is 4.99 Å². The molecule has 0 aliphatic carbocycles. The van der Waals surface area contributed by atoms with Gasteiger partial charge in [-0.15, -0.1) is 24.0 Å². The van der Waals surface area contributed by atoms with E-state index < -0.39 is 0 Å². The summed E-state index contributed by atoms with van der Waals surface area (Å²) in [6.07, 6.45) is 7.99. The van der Waals surface area contributed by atoms with Crippen molar-refractivity contribution < 1.29 is 4.74 Å². The molecule has 6 nitrogen and oxygen atoms in total. The highest BCUT2D eigenvalue weighted by molar-refractivity contribution is 14.0. The Morgan fingerprint density at radius 3 is 3.00 bits per heavy atom. The molecule has 2 bridgehead atoms. The molecule has 2 aliphatic heterocycles. The van der Waals surface area contributed by atoms with Gasteiger partial charge in [0.2, 0.25) is 0 Å². The molecule has 2 aromatic heterocycles. The van der Waals surface area contributed by atoms with Crippen molar-refractivity contribution in [2.45, 2.75) is 44.1 Å². The van der Waals surface area contributed by atoms with Crippen molar-refractivity contribution in [3.05, 3.63) is 35.2 Å². The normalized spacial score (nSPS) is 25.8. The molecule has 0 aromatic carbocycles. The van der Waals surface area contributed by atoms with Crippen LogP contribution < -0.4 is 10.6 Å². The number of hydrogen-bond donors (Lipinski definition) is 2. The maximum atomic E-state index is 6.00. The average molecular weight is 462 g/mol. The summed E-state index contributed by atoms with van der Waals surface area (Å²) < 4.78 is 7.80. The van der Waals surface area contributed by atoms with Crippen LogP contribution in [0.1, 0.15) is 25.0 Å². The zero-order valence-corrected chi connectivity index (χ0v) is 16.5. The van der Waals surface area contributed by atoms with Gasteiger partial charge in [-0.1, -0.05) is 11.6 Å². The maximum absolute atomic E-state index is 6.00. The van der Waals surface area contributed by atoms with Crippen LogP contribution in [0, 0.1) is 0 Å². The molecule has 2 fully saturated rings. The molecule has 0 spiro atoms. The largest absolute Gasteiger partial charge is 0.373 e. The van der Waals surface area contributed by atoms with Crippen LogP contribution >= 0.6 is 35.6 Å². The van der Waals surface area contributed by atoms with Crippen LogP contribution in [0.3, 0.4) is 0 Å². The average Bonchev–Trinajstić information content (AvgIpc) is 3.25. The highest BCUT2D eigenvalue weighted by Crippen LogP contribution is 2.34. The second-order valence-electron chi connectivity index (χ2n) is 6.13. The van der Waals surface area contributed by atoms with Gasteiger partial charge < -0.3 is 19.8 Å². The zero-order chi connectivity index (χ0) is 15.8. The maximum Gasteiger partial charge on any atom is 0.191 e. The molecule has 8 heteroatoms. The first kappa shape index (κ1) is 17.8. The van der Waals surface area contributed by atoms with E-state index in [9.17, 15) is 0 Å². The number of imidazole rings is 1. The number of hydrogen-bond acceptors (Lipinski definition) is 3. The summed E-state index contributed by atoms with van der Waals surface area (Å²) in [6, 6.07) is 4.11. The van der Waals surface area contributed by atoms with E-state index in [0.717, 1.165) is 30.1 Å². The molecular weight excluding hydrogens is 441 g/mol. The van der Waals surface area contributed by atoms with Crippen molar-refractivity contribution >= 4 is 47.2 Å². The minimum Gasteiger partial charge on any atom is -0.373 e. The van der Waals surface area contributed by atoms with Gasteiger partial charge in [-0.2, -0.15) is 0 Å². The van der Waals surface area contributed by atoms with Crippen LogP contribution in [-0.2, 0) is 11.3 Å². The van der Waals surface area contributed by atoms with Crippen LogP contribution in [-0.4, -0.2) is 40.6 Å². The van der Waals surface area contributed by atoms with Crippen molar-refractivity contribution in [3.63, 3.8) is 0 Å². The van der Waals surface area contributed by atoms with Crippen molar-refractivity contribution in [1.29, 1.82) is 0 Å². The highest BCUT2D eigenvalue weighted by atomic mass is 127. The third-order valence-electron chi connectivity index (χ3n) is 4.55. The number of fused-ring (bicyclic) bond motifs is 3. The van der Waals surface area contributed by atoms with Crippen molar-refractivity contribution in [1.82, 2.24) is 20.0 Å². The lowest BCUT2D eigenvalue weighted by Crippen LogP contribution is -2.47. The quantitative estimate of drug-likeness (QED) is 0.419. The van der Waals surface area contributed by atoms with Gasteiger partial charge in [0.1, 0.15) is 5.65 Å². The number of aromatic nitrogens is 2. The van der Waals surface area contributed by atoms with Crippen LogP contribution in [0.4, 0.5) is 0 Å². The van der Waals surface area contributed by atoms with Gasteiger partial charge in [0.15, 0.2) is 5.96 Å². The van der Waals surface area contributed by atoms with E-state index in [1.165, 1.54) is 6.42 Å². The second-order valence-corrected chi connectivity index (χ2v) is 6.57. The van der Waals surface area contributed by atoms with E-state index in [1.54, 1.807) is 7.05 Å². The monoisotopic (exact) mass is 461 g/mol. The molecule has 2 N–H and O–H groups in total. The van der Waals surface area contributed by atoms with Gasteiger partial charge in [0.25, 0.3) is 0 Å². The van der Waals surface area contributed by atoms with E-state index in [2.05, 4.69) is 20.6 Å². The molecule has 0 radical (unpaired) electrons. The molecule has 24 heavy (non-hydrogen) atoms. The molecule has 2 aliphatic rings. The zero-order valence-electron chi connectivity index (χ0n) is 13.4. The first-order valence-corrected chi connectivity index (χ1v) is 8.35. The Balaban J connectivity index is 0.00000169. The van der Waals surface area contributed by atoms with Gasteiger partial charge in [0, 0.05) is 19.4 Å². The van der Waals surface area contributed by atoms with Crippen LogP contribution in [0.2, 0.25) is 5.02 Å². The number of rotatable bonds is 3. The van der Waals surface area contributed by atoms with E-state index in [1.807, 2.05) is 28.9 Å². The predicted octanol–water partition coefficient (Wildman–Crippen LogP) is 2.59. The number of aliphatic imine (C=N–C) groups is 1. The smallest absolute Gasteiger partial charge is 0.191 e. The summed E-state index contributed by atoms with van der Waals surface area (Å²) in [7, 11) is 1.78. The lowest BCUT2D eigenvalue weighted by atomic mass is 9.96. The van der Waals surface area contributed by atoms with Gasteiger partial charge in [-0.05, 0) is 31.4 Å². The summed E-state index contributed by atoms with van der Waals surface area (Å²) in [5.41, 5.74) is 1.83. The Hall–Kier alpha value is -1.06. The predicted molar refractivity (Wildman–Crippen MR) is 105 cm³/mol. The van der Waals surface area contributed by atoms with Crippen LogP contribution in [0.5, 0.6) is 0 Å². The van der Waals surface area contributed by atoms with Crippen LogP contribution in [0.15, 0.2) is 29.5 Å². The molecule has 3 atom stereocenters. The fraction of sp³-hybridized carbons (Fsp3) is 0.500. The molecular formula is C16H21ClIN5O. The van der Waals surface area contributed by atoms with Crippen molar-refractivity contribution in [2.75, 3.05) is 7.05 Å². The van der Waals surface area contributed by atoms with Crippen LogP contribution in [0.25, 0.3) is 5.65 Å². The Morgan fingerprint density at radius 2 is 2.29 bits per heavy atom. The molecule has 3 unspecified atom stereocenters. The summed E-state index contributed by atoms with van der Waals surface area (Å²) in [6.45, 7) is 0.612. The van der Waals surface area contributed by atoms with Gasteiger partial charge in [-0.25, -0.2) is 4.98 Å². The fourth-order valence-electron chi connectivity index (χ4n) is 3.44. The number of nitrogens with zero attached hydrogens (tertiary/aromatic N) is 3. The Labute approximate surface area is 163 Å². The number of nitrogens with one attached hydrogen (secondary N) is 2. The summed E-state index contributed by atoms with van der Waals surface area (Å²) in [5, 5.41) is 7.49. The van der Waals surface area contributed by atoms with E-state index in [4.69, 9.17) is 16.3 Å². The number of ether oxygens (including phenoxy) is 1. The Morgan fingerprint density at radius 1 is 1.42 bits per heavy atom. The molecule has 0 saturated carbocycles. The standard InChI is InChI=1S/C16H20ClN5O.HI/c1-18-16(21-13-6-12-3-4-14(13)23-12)19-7-11-9-22-8-10(17)2-5-15(22)20-11;/h2,5,8-9,12-14H,3-4,6-7H2,1H3,(H2,18,19,21);1H. The Kier molecular flexibility index (Phi) is 5.51. The van der Waals surface area contributed by atoms with E-state index >= 15 is 0 Å². The lowest BCUT2D eigenvalue weighted by Gasteiger charge is -2.22. The Bertz CT molecular complexity index is 749. The number of halogens is 2. The fourth-order valence-corrected chi connectivity index (χ4v) is 3.60. The summed E-state index contributed by atoms with van der Waals surface area (Å²) in [5.74, 6) is 0.793. The molecule has 2 aromatic rings. The highest BCUT2D eigenvalue weighted by Gasteiger charge is 2.41. The third kappa shape index (κ3) is 3.62. The molecule has 0 amide bonds. The number of pyridine rings is 1. The minimum absolute atomic E-state index is 0. The molecule has 4 heterocycles. The first-order chi connectivity index (χ1) is 11.2. The van der Waals surface area contributed by atoms with Gasteiger partial charge >= 0.3 is 0 Å². The second kappa shape index (κ2) is 7.45. The lowest BCUT2D eigenvalue weighted by molar-refractivity contribution is 0.0992. The summed E-state index contributed by atoms with van der Waals surface area (Å²) in [4.78, 5) is 8.87. The molecule has 4 rings (SSSR count). The number of guanidine groups is 1. The third-order valence-corrected chi connectivity index (χ3v) is 4.78. The molecule has 2 saturated heterocycles.